The summed E-state index contributed by atoms with van der Waals surface area (Å²) < 4.78 is 12.3. The van der Waals surface area contributed by atoms with Gasteiger partial charge in [-0.15, -0.1) is 0 Å². The van der Waals surface area contributed by atoms with Gasteiger partial charge in [0.15, 0.2) is 6.29 Å². The van der Waals surface area contributed by atoms with Crippen LogP contribution >= 0.6 is 7.26 Å². The van der Waals surface area contributed by atoms with Crippen molar-refractivity contribution in [2.75, 3.05) is 39.4 Å². The molecule has 0 saturated carbocycles. The average molecular weight is 613 g/mol. The van der Waals surface area contributed by atoms with Gasteiger partial charge >= 0.3 is 0 Å². The van der Waals surface area contributed by atoms with E-state index in [1.165, 1.54) is 122 Å². The maximum absolute atomic E-state index is 6.16. The van der Waals surface area contributed by atoms with Crippen LogP contribution in [0.2, 0.25) is 0 Å². The number of ether oxygens (including phenoxy) is 2. The van der Waals surface area contributed by atoms with Gasteiger partial charge in [0.05, 0.1) is 6.16 Å². The van der Waals surface area contributed by atoms with E-state index in [9.17, 15) is 0 Å². The highest BCUT2D eigenvalue weighted by Gasteiger charge is 2.14. The van der Waals surface area contributed by atoms with Crippen molar-refractivity contribution < 1.29 is 33.5 Å². The summed E-state index contributed by atoms with van der Waals surface area (Å²) in [6.45, 7) is 13.6. The molecular weight excluding hydrogens is 550 g/mol. The molecule has 0 bridgehead atoms. The lowest BCUT2D eigenvalue weighted by Crippen LogP contribution is -3.00. The maximum Gasteiger partial charge on any atom is 0.157 e. The van der Waals surface area contributed by atoms with Crippen LogP contribution in [0, 0.1) is 0 Å². The molecule has 34 heavy (non-hydrogen) atoms. The van der Waals surface area contributed by atoms with E-state index in [0.29, 0.717) is 0 Å². The van der Waals surface area contributed by atoms with Crippen molar-refractivity contribution in [1.82, 2.24) is 0 Å². The molecule has 0 heterocycles. The molecule has 206 valence electrons. The number of hydrogen-bond donors (Lipinski definition) is 0. The molecule has 0 unspecified atom stereocenters. The van der Waals surface area contributed by atoms with Crippen LogP contribution < -0.4 is 24.0 Å². The van der Waals surface area contributed by atoms with Gasteiger partial charge in [-0.25, -0.2) is 0 Å². The summed E-state index contributed by atoms with van der Waals surface area (Å²) in [7, 11) is -0.588. The van der Waals surface area contributed by atoms with E-state index >= 15 is 0 Å². The first-order valence-electron chi connectivity index (χ1n) is 14.7. The Kier molecular flexibility index (Phi) is 30.9. The first-order valence-corrected chi connectivity index (χ1v) is 18.0. The van der Waals surface area contributed by atoms with Crippen LogP contribution in [0.25, 0.3) is 0 Å². The number of hydrogen-bond acceptors (Lipinski definition) is 2. The van der Waals surface area contributed by atoms with Crippen molar-refractivity contribution in [3.05, 3.63) is 12.2 Å². The maximum atomic E-state index is 6.16. The monoisotopic (exact) mass is 612 g/mol. The SMILES string of the molecule is CCCCCCCCOC(CCCCC/C=C/CCC[P+](C)(C)C)OCCCCCCCC.[I-]. The van der Waals surface area contributed by atoms with Gasteiger partial charge in [0.1, 0.15) is 0 Å². The molecule has 0 N–H and O–H groups in total. The largest absolute Gasteiger partial charge is 1.00 e. The van der Waals surface area contributed by atoms with Gasteiger partial charge in [0.25, 0.3) is 0 Å². The minimum atomic E-state index is -0.588. The molecule has 0 fully saturated rings. The topological polar surface area (TPSA) is 18.5 Å². The highest BCUT2D eigenvalue weighted by Crippen LogP contribution is 2.47. The van der Waals surface area contributed by atoms with Crippen molar-refractivity contribution in [2.24, 2.45) is 0 Å². The van der Waals surface area contributed by atoms with Gasteiger partial charge in [-0.1, -0.05) is 96.6 Å². The van der Waals surface area contributed by atoms with Gasteiger partial charge in [0, 0.05) is 40.5 Å². The van der Waals surface area contributed by atoms with E-state index in [1.807, 2.05) is 0 Å². The third-order valence-electron chi connectivity index (χ3n) is 6.28. The van der Waals surface area contributed by atoms with Crippen LogP contribution in [0.4, 0.5) is 0 Å². The summed E-state index contributed by atoms with van der Waals surface area (Å²) in [5, 5.41) is 0. The normalized spacial score (nSPS) is 12.1. The lowest BCUT2D eigenvalue weighted by molar-refractivity contribution is -0.148. The fourth-order valence-corrected chi connectivity index (χ4v) is 5.21. The molecule has 0 aliphatic carbocycles. The summed E-state index contributed by atoms with van der Waals surface area (Å²) in [4.78, 5) is 0. The Hall–Kier alpha value is 0.820. The molecule has 0 amide bonds. The summed E-state index contributed by atoms with van der Waals surface area (Å²) >= 11 is 0. The minimum Gasteiger partial charge on any atom is -1.00 e. The van der Waals surface area contributed by atoms with Crippen LogP contribution in [0.1, 0.15) is 136 Å². The Labute approximate surface area is 233 Å². The lowest BCUT2D eigenvalue weighted by atomic mass is 10.1. The van der Waals surface area contributed by atoms with E-state index < -0.39 is 7.26 Å². The number of halogens is 1. The molecular formula is C30H62IO2P. The Morgan fingerprint density at radius 2 is 1.00 bits per heavy atom. The van der Waals surface area contributed by atoms with Crippen LogP contribution in [-0.2, 0) is 9.47 Å². The average Bonchev–Trinajstić information content (AvgIpc) is 2.77. The van der Waals surface area contributed by atoms with Gasteiger partial charge in [-0.3, -0.25) is 0 Å². The Balaban J connectivity index is 0. The van der Waals surface area contributed by atoms with Crippen LogP contribution in [-0.4, -0.2) is 45.7 Å². The third-order valence-corrected chi connectivity index (χ3v) is 7.94. The molecule has 0 radical (unpaired) electrons. The van der Waals surface area contributed by atoms with E-state index in [0.717, 1.165) is 19.6 Å². The second kappa shape index (κ2) is 28.4. The predicted molar refractivity (Wildman–Crippen MR) is 153 cm³/mol. The highest BCUT2D eigenvalue weighted by atomic mass is 127. The molecule has 0 aliphatic heterocycles. The van der Waals surface area contributed by atoms with Crippen molar-refractivity contribution in [2.45, 2.75) is 142 Å². The summed E-state index contributed by atoms with van der Waals surface area (Å²) in [5.74, 6) is 0. The van der Waals surface area contributed by atoms with E-state index in [4.69, 9.17) is 9.47 Å². The first-order chi connectivity index (χ1) is 16.0. The second-order valence-corrected chi connectivity index (χ2v) is 16.0. The molecule has 2 nitrogen and oxygen atoms in total. The summed E-state index contributed by atoms with van der Waals surface area (Å²) in [6.07, 6.45) is 30.8. The fraction of sp³-hybridized carbons (Fsp3) is 0.933. The van der Waals surface area contributed by atoms with E-state index in [-0.39, 0.29) is 30.3 Å². The zero-order valence-electron chi connectivity index (χ0n) is 23.9. The number of rotatable bonds is 26. The van der Waals surface area contributed by atoms with Crippen molar-refractivity contribution in [1.29, 1.82) is 0 Å². The van der Waals surface area contributed by atoms with Crippen molar-refractivity contribution >= 4 is 7.26 Å². The molecule has 0 rings (SSSR count). The zero-order valence-corrected chi connectivity index (χ0v) is 27.0. The Bertz CT molecular complexity index is 391. The number of unbranched alkanes of at least 4 members (excludes halogenated alkanes) is 14. The molecule has 0 aliphatic rings. The van der Waals surface area contributed by atoms with Crippen molar-refractivity contribution in [3.63, 3.8) is 0 Å². The Morgan fingerprint density at radius 1 is 0.559 bits per heavy atom. The standard InChI is InChI=1S/C30H62O2P.HI/c1-6-8-10-12-19-23-27-31-30(32-28-24-20-13-11-9-7-2)26-22-18-16-14-15-17-21-25-29-33(3,4)5;/h15,17,30H,6-14,16,18-29H2,1-5H3;1H/q+1;/p-1/b17-15+;. The molecule has 0 atom stereocenters. The molecule has 0 aromatic heterocycles. The second-order valence-electron chi connectivity index (χ2n) is 11.0. The number of allylic oxidation sites excluding steroid dienone is 2. The van der Waals surface area contributed by atoms with E-state index in [1.54, 1.807) is 0 Å². The highest BCUT2D eigenvalue weighted by molar-refractivity contribution is 7.73. The van der Waals surface area contributed by atoms with E-state index in [2.05, 4.69) is 46.0 Å². The van der Waals surface area contributed by atoms with Gasteiger partial charge < -0.3 is 33.5 Å². The fourth-order valence-electron chi connectivity index (χ4n) is 4.08. The molecule has 0 saturated heterocycles. The van der Waals surface area contributed by atoms with Gasteiger partial charge in [-0.2, -0.15) is 0 Å². The quantitative estimate of drug-likeness (QED) is 0.0337. The predicted octanol–water partition coefficient (Wildman–Crippen LogP) is 7.26. The van der Waals surface area contributed by atoms with Crippen LogP contribution in [0.3, 0.4) is 0 Å². The van der Waals surface area contributed by atoms with Crippen LogP contribution in [0.15, 0.2) is 12.2 Å². The molecule has 4 heteroatoms. The summed E-state index contributed by atoms with van der Waals surface area (Å²) in [5.41, 5.74) is 0. The molecule has 0 aromatic carbocycles. The third kappa shape index (κ3) is 30.9. The minimum absolute atomic E-state index is 0. The van der Waals surface area contributed by atoms with Gasteiger partial charge in [0.2, 0.25) is 0 Å². The lowest BCUT2D eigenvalue weighted by Gasteiger charge is -2.19. The Morgan fingerprint density at radius 3 is 1.50 bits per heavy atom. The molecule has 0 spiro atoms. The van der Waals surface area contributed by atoms with Crippen LogP contribution in [0.5, 0.6) is 0 Å². The van der Waals surface area contributed by atoms with Gasteiger partial charge in [-0.05, 0) is 51.4 Å². The zero-order chi connectivity index (χ0) is 24.5. The molecule has 0 aromatic rings. The smallest absolute Gasteiger partial charge is 0.157 e. The summed E-state index contributed by atoms with van der Waals surface area (Å²) in [6, 6.07) is 0. The first kappa shape index (κ1) is 37.0. The van der Waals surface area contributed by atoms with Crippen molar-refractivity contribution in [3.8, 4) is 0 Å².